The predicted molar refractivity (Wildman–Crippen MR) is 100 cm³/mol. The summed E-state index contributed by atoms with van der Waals surface area (Å²) in [5, 5.41) is 2.69. The van der Waals surface area contributed by atoms with Gasteiger partial charge < -0.3 is 19.4 Å². The number of amides is 2. The third kappa shape index (κ3) is 2.81. The van der Waals surface area contributed by atoms with Crippen LogP contribution in [0.15, 0.2) is 22.6 Å². The van der Waals surface area contributed by atoms with Gasteiger partial charge >= 0.3 is 11.8 Å². The first-order valence-electron chi connectivity index (χ1n) is 9.42. The number of fused-ring (bicyclic) bond motifs is 2. The number of nitrogens with one attached hydrogen (secondary N) is 1. The topological polar surface area (TPSA) is 84.7 Å². The summed E-state index contributed by atoms with van der Waals surface area (Å²) < 4.78 is 11.3. The molecule has 2 aliphatic rings. The molecule has 0 radical (unpaired) electrons. The molecule has 27 heavy (non-hydrogen) atoms. The van der Waals surface area contributed by atoms with Crippen LogP contribution in [0, 0.1) is 11.3 Å². The quantitative estimate of drug-likeness (QED) is 0.839. The number of anilines is 1. The lowest BCUT2D eigenvalue weighted by Crippen LogP contribution is -2.67. The highest BCUT2D eigenvalue weighted by Gasteiger charge is 2.61. The van der Waals surface area contributed by atoms with Gasteiger partial charge in [-0.3, -0.25) is 9.59 Å². The number of ether oxygens (including phenoxy) is 1. The summed E-state index contributed by atoms with van der Waals surface area (Å²) in [4.78, 5) is 31.2. The van der Waals surface area contributed by atoms with E-state index in [1.807, 2.05) is 6.92 Å². The lowest BCUT2D eigenvalue weighted by molar-refractivity contribution is -0.169. The zero-order valence-corrected chi connectivity index (χ0v) is 16.1. The van der Waals surface area contributed by atoms with Crippen molar-refractivity contribution in [2.24, 2.45) is 11.3 Å². The van der Waals surface area contributed by atoms with Crippen molar-refractivity contribution < 1.29 is 18.7 Å². The van der Waals surface area contributed by atoms with Crippen molar-refractivity contribution in [3.8, 4) is 0 Å². The highest BCUT2D eigenvalue weighted by atomic mass is 16.5. The number of aromatic nitrogens is 1. The van der Waals surface area contributed by atoms with Gasteiger partial charge in [0.05, 0.1) is 6.10 Å². The smallest absolute Gasteiger partial charge is 0.313 e. The Morgan fingerprint density at radius 1 is 1.37 bits per heavy atom. The molecule has 1 saturated heterocycles. The third-order valence-corrected chi connectivity index (χ3v) is 5.96. The summed E-state index contributed by atoms with van der Waals surface area (Å²) >= 11 is 0. The van der Waals surface area contributed by atoms with Crippen LogP contribution >= 0.6 is 0 Å². The Labute approximate surface area is 158 Å². The Balaban J connectivity index is 1.47. The maximum Gasteiger partial charge on any atom is 0.313 e. The van der Waals surface area contributed by atoms with Crippen LogP contribution in [0.3, 0.4) is 0 Å². The summed E-state index contributed by atoms with van der Waals surface area (Å²) in [5.41, 5.74) is 1.70. The van der Waals surface area contributed by atoms with Crippen molar-refractivity contribution in [1.29, 1.82) is 0 Å². The molecule has 1 aliphatic heterocycles. The largest absolute Gasteiger partial charge is 0.441 e. The first-order valence-corrected chi connectivity index (χ1v) is 9.42. The van der Waals surface area contributed by atoms with Gasteiger partial charge in [0, 0.05) is 43.1 Å². The monoisotopic (exact) mass is 371 g/mol. The summed E-state index contributed by atoms with van der Waals surface area (Å²) in [6, 6.07) is 5.19. The fraction of sp³-hybridized carbons (Fsp3) is 0.550. The van der Waals surface area contributed by atoms with Gasteiger partial charge in [0.1, 0.15) is 5.52 Å². The van der Waals surface area contributed by atoms with Gasteiger partial charge in [0.15, 0.2) is 11.5 Å². The number of hydrogen-bond donors (Lipinski definition) is 1. The molecule has 2 heterocycles. The van der Waals surface area contributed by atoms with Crippen LogP contribution in [-0.2, 0) is 20.7 Å². The molecule has 7 heteroatoms. The second kappa shape index (κ2) is 6.34. The Morgan fingerprint density at radius 2 is 2.15 bits per heavy atom. The Hall–Kier alpha value is -2.41. The Bertz CT molecular complexity index is 904. The van der Waals surface area contributed by atoms with Crippen LogP contribution in [0.25, 0.3) is 11.1 Å². The van der Waals surface area contributed by atoms with Crippen LogP contribution in [-0.4, -0.2) is 47.5 Å². The number of carbonyl (C=O) groups is 2. The molecule has 4 rings (SSSR count). The number of carbonyl (C=O) groups excluding carboxylic acids is 2. The minimum absolute atomic E-state index is 0.00776. The minimum Gasteiger partial charge on any atom is -0.441 e. The van der Waals surface area contributed by atoms with Crippen LogP contribution in [0.5, 0.6) is 0 Å². The van der Waals surface area contributed by atoms with E-state index in [-0.39, 0.29) is 17.6 Å². The van der Waals surface area contributed by atoms with E-state index in [0.717, 1.165) is 13.0 Å². The van der Waals surface area contributed by atoms with E-state index in [9.17, 15) is 9.59 Å². The predicted octanol–water partition coefficient (Wildman–Crippen LogP) is 2.60. The molecule has 2 fully saturated rings. The number of benzene rings is 1. The van der Waals surface area contributed by atoms with Gasteiger partial charge in [0.2, 0.25) is 0 Å². The van der Waals surface area contributed by atoms with E-state index in [0.29, 0.717) is 35.0 Å². The molecule has 1 aliphatic carbocycles. The maximum atomic E-state index is 12.7. The van der Waals surface area contributed by atoms with Crippen molar-refractivity contribution in [1.82, 2.24) is 9.88 Å². The van der Waals surface area contributed by atoms with Gasteiger partial charge in [-0.05, 0) is 24.6 Å². The average Bonchev–Trinajstić information content (AvgIpc) is 3.25. The van der Waals surface area contributed by atoms with Gasteiger partial charge in [-0.15, -0.1) is 0 Å². The molecule has 1 aromatic heterocycles. The molecule has 7 nitrogen and oxygen atoms in total. The minimum atomic E-state index is -0.644. The molecule has 2 amide bonds. The van der Waals surface area contributed by atoms with Crippen LogP contribution < -0.4 is 5.32 Å². The molecule has 0 spiro atoms. The molecule has 1 aromatic carbocycles. The summed E-state index contributed by atoms with van der Waals surface area (Å²) in [7, 11) is 1.71. The second-order valence-electron chi connectivity index (χ2n) is 8.02. The molecule has 0 unspecified atom stereocenters. The number of oxazole rings is 1. The SMILES string of the molecule is CCc1nc2cc(NC(=O)C(=O)N(C)[C@@H]3[C@H]4CCO[C@H]4C3(C)C)ccc2o1. The number of aryl methyl sites for hydroxylation is 1. The van der Waals surface area contributed by atoms with Crippen molar-refractivity contribution in [3.63, 3.8) is 0 Å². The van der Waals surface area contributed by atoms with Crippen LogP contribution in [0.2, 0.25) is 0 Å². The van der Waals surface area contributed by atoms with E-state index < -0.39 is 11.8 Å². The summed E-state index contributed by atoms with van der Waals surface area (Å²) in [6.07, 6.45) is 1.80. The molecule has 1 N–H and O–H groups in total. The number of likely N-dealkylation sites (N-methyl/N-ethyl adjacent to an activating group) is 1. The Morgan fingerprint density at radius 3 is 2.89 bits per heavy atom. The number of hydrogen-bond acceptors (Lipinski definition) is 5. The maximum absolute atomic E-state index is 12.7. The van der Waals surface area contributed by atoms with Gasteiger partial charge in [-0.2, -0.15) is 0 Å². The first kappa shape index (κ1) is 18.0. The molecule has 0 bridgehead atoms. The zero-order valence-electron chi connectivity index (χ0n) is 16.1. The van der Waals surface area contributed by atoms with Gasteiger partial charge in [0.25, 0.3) is 0 Å². The second-order valence-corrected chi connectivity index (χ2v) is 8.02. The Kier molecular flexibility index (Phi) is 4.22. The van der Waals surface area contributed by atoms with E-state index in [4.69, 9.17) is 9.15 Å². The van der Waals surface area contributed by atoms with Crippen molar-refractivity contribution in [2.75, 3.05) is 19.0 Å². The standard InChI is InChI=1S/C20H25N3O4/c1-5-15-22-13-10-11(6-7-14(13)27-15)21-18(24)19(25)23(4)16-12-8-9-26-17(12)20(16,2)3/h6-7,10,12,16-17H,5,8-9H2,1-4H3,(H,21,24)/t12-,16-,17-/m1/s1. The highest BCUT2D eigenvalue weighted by molar-refractivity contribution is 6.39. The summed E-state index contributed by atoms with van der Waals surface area (Å²) in [5.74, 6) is -0.229. The highest BCUT2D eigenvalue weighted by Crippen LogP contribution is 2.54. The lowest BCUT2D eigenvalue weighted by atomic mass is 9.57. The third-order valence-electron chi connectivity index (χ3n) is 5.96. The zero-order chi connectivity index (χ0) is 19.3. The van der Waals surface area contributed by atoms with Crippen LogP contribution in [0.4, 0.5) is 5.69 Å². The van der Waals surface area contributed by atoms with Crippen molar-refractivity contribution in [3.05, 3.63) is 24.1 Å². The number of nitrogens with zero attached hydrogens (tertiary/aromatic N) is 2. The molecule has 2 aromatic rings. The summed E-state index contributed by atoms with van der Waals surface area (Å²) in [6.45, 7) is 6.87. The molecule has 1 saturated carbocycles. The normalized spacial score (nSPS) is 25.7. The molecular formula is C20H25N3O4. The van der Waals surface area contributed by atoms with E-state index in [2.05, 4.69) is 24.1 Å². The number of rotatable bonds is 3. The average molecular weight is 371 g/mol. The van der Waals surface area contributed by atoms with E-state index in [1.165, 1.54) is 0 Å². The van der Waals surface area contributed by atoms with Crippen molar-refractivity contribution in [2.45, 2.75) is 45.8 Å². The van der Waals surface area contributed by atoms with E-state index in [1.54, 1.807) is 30.1 Å². The van der Waals surface area contributed by atoms with Crippen molar-refractivity contribution >= 4 is 28.6 Å². The lowest BCUT2D eigenvalue weighted by Gasteiger charge is -2.57. The van der Waals surface area contributed by atoms with Gasteiger partial charge in [-0.1, -0.05) is 20.8 Å². The first-order chi connectivity index (χ1) is 12.8. The van der Waals surface area contributed by atoms with E-state index >= 15 is 0 Å². The fourth-order valence-electron chi connectivity index (χ4n) is 4.76. The molecular weight excluding hydrogens is 346 g/mol. The molecule has 144 valence electrons. The molecule has 3 atom stereocenters. The fourth-order valence-corrected chi connectivity index (χ4v) is 4.76. The van der Waals surface area contributed by atoms with Crippen LogP contribution in [0.1, 0.15) is 33.1 Å². The van der Waals surface area contributed by atoms with Gasteiger partial charge in [-0.25, -0.2) is 4.98 Å².